The van der Waals surface area contributed by atoms with Crippen molar-refractivity contribution < 1.29 is 9.53 Å². The van der Waals surface area contributed by atoms with Crippen molar-refractivity contribution in [2.45, 2.75) is 26.0 Å². The zero-order chi connectivity index (χ0) is 15.8. The fourth-order valence-corrected chi connectivity index (χ4v) is 2.19. The predicted molar refractivity (Wildman–Crippen MR) is 88.4 cm³/mol. The van der Waals surface area contributed by atoms with Crippen molar-refractivity contribution >= 4 is 6.09 Å². The van der Waals surface area contributed by atoms with Crippen LogP contribution in [0, 0.1) is 0 Å². The Labute approximate surface area is 131 Å². The van der Waals surface area contributed by atoms with Gasteiger partial charge < -0.3 is 10.1 Å². The lowest BCUT2D eigenvalue weighted by Gasteiger charge is -2.19. The number of amides is 1. The summed E-state index contributed by atoms with van der Waals surface area (Å²) in [7, 11) is 0. The Morgan fingerprint density at radius 1 is 1.09 bits per heavy atom. The van der Waals surface area contributed by atoms with Crippen molar-refractivity contribution in [3.8, 4) is 0 Å². The molecule has 0 spiro atoms. The van der Waals surface area contributed by atoms with Crippen molar-refractivity contribution in [2.24, 2.45) is 0 Å². The average Bonchev–Trinajstić information content (AvgIpc) is 2.54. The summed E-state index contributed by atoms with van der Waals surface area (Å²) in [5.41, 5.74) is 3.02. The number of ether oxygens (including phenoxy) is 1. The van der Waals surface area contributed by atoms with E-state index < -0.39 is 6.09 Å². The molecule has 2 aromatic carbocycles. The average molecular weight is 295 g/mol. The smallest absolute Gasteiger partial charge is 0.407 e. The Kier molecular flexibility index (Phi) is 5.78. The van der Waals surface area contributed by atoms with E-state index in [2.05, 4.69) is 11.9 Å². The molecule has 2 rings (SSSR count). The Morgan fingerprint density at radius 3 is 2.27 bits per heavy atom. The van der Waals surface area contributed by atoms with Crippen LogP contribution in [-0.2, 0) is 11.3 Å². The Morgan fingerprint density at radius 2 is 1.68 bits per heavy atom. The van der Waals surface area contributed by atoms with E-state index in [0.29, 0.717) is 6.42 Å². The monoisotopic (exact) mass is 295 g/mol. The summed E-state index contributed by atoms with van der Waals surface area (Å²) in [5, 5.41) is 2.91. The van der Waals surface area contributed by atoms with Gasteiger partial charge in [0.15, 0.2) is 0 Å². The molecule has 3 heteroatoms. The summed E-state index contributed by atoms with van der Waals surface area (Å²) >= 11 is 0. The Hall–Kier alpha value is -2.55. The minimum Gasteiger partial charge on any atom is -0.445 e. The van der Waals surface area contributed by atoms with E-state index in [-0.39, 0.29) is 12.6 Å². The highest BCUT2D eigenvalue weighted by molar-refractivity contribution is 5.68. The van der Waals surface area contributed by atoms with Crippen LogP contribution in [0.3, 0.4) is 0 Å². The van der Waals surface area contributed by atoms with Gasteiger partial charge in [-0.3, -0.25) is 0 Å². The summed E-state index contributed by atoms with van der Waals surface area (Å²) in [6.07, 6.45) is 0.267. The number of rotatable bonds is 6. The predicted octanol–water partition coefficient (Wildman–Crippen LogP) is 4.62. The van der Waals surface area contributed by atoms with E-state index in [1.54, 1.807) is 0 Å². The molecule has 1 atom stereocenters. The summed E-state index contributed by atoms with van der Waals surface area (Å²) < 4.78 is 5.28. The van der Waals surface area contributed by atoms with Crippen LogP contribution in [-0.4, -0.2) is 6.09 Å². The van der Waals surface area contributed by atoms with Gasteiger partial charge in [0.05, 0.1) is 6.04 Å². The summed E-state index contributed by atoms with van der Waals surface area (Å²) in [6, 6.07) is 19.4. The molecule has 0 aliphatic carbocycles. The second kappa shape index (κ2) is 8.03. The second-order valence-electron chi connectivity index (χ2n) is 5.33. The van der Waals surface area contributed by atoms with Gasteiger partial charge in [-0.15, -0.1) is 6.58 Å². The highest BCUT2D eigenvalue weighted by Gasteiger charge is 2.15. The molecule has 3 nitrogen and oxygen atoms in total. The van der Waals surface area contributed by atoms with Gasteiger partial charge in [0.1, 0.15) is 6.61 Å². The molecule has 1 amide bonds. The molecule has 0 bridgehead atoms. The molecule has 0 radical (unpaired) electrons. The molecule has 0 aliphatic rings. The number of carbonyl (C=O) groups excluding carboxylic acids is 1. The first-order valence-electron chi connectivity index (χ1n) is 7.31. The topological polar surface area (TPSA) is 38.3 Å². The second-order valence-corrected chi connectivity index (χ2v) is 5.33. The fourth-order valence-electron chi connectivity index (χ4n) is 2.19. The zero-order valence-electron chi connectivity index (χ0n) is 12.8. The van der Waals surface area contributed by atoms with Crippen LogP contribution >= 0.6 is 0 Å². The number of benzene rings is 2. The standard InChI is InChI=1S/C19H21NO2/c1-15(2)13-18(17-11-7-4-8-12-17)20-19(21)22-14-16-9-5-3-6-10-16/h3-12,18H,1,13-14H2,2H3,(H,20,21). The van der Waals surface area contributed by atoms with Crippen LogP contribution in [0.1, 0.15) is 30.5 Å². The third-order valence-electron chi connectivity index (χ3n) is 3.26. The van der Waals surface area contributed by atoms with Crippen molar-refractivity contribution in [1.29, 1.82) is 0 Å². The molecule has 0 saturated heterocycles. The van der Waals surface area contributed by atoms with Crippen LogP contribution in [0.4, 0.5) is 4.79 Å². The lowest BCUT2D eigenvalue weighted by atomic mass is 10.0. The molecular formula is C19H21NO2. The van der Waals surface area contributed by atoms with E-state index in [4.69, 9.17) is 4.74 Å². The van der Waals surface area contributed by atoms with Crippen LogP contribution in [0.5, 0.6) is 0 Å². The van der Waals surface area contributed by atoms with Gasteiger partial charge >= 0.3 is 6.09 Å². The molecule has 0 aromatic heterocycles. The SMILES string of the molecule is C=C(C)CC(NC(=O)OCc1ccccc1)c1ccccc1. The molecule has 0 saturated carbocycles. The number of alkyl carbamates (subject to hydrolysis) is 1. The maximum absolute atomic E-state index is 12.0. The van der Waals surface area contributed by atoms with Gasteiger partial charge in [0.25, 0.3) is 0 Å². The molecule has 114 valence electrons. The van der Waals surface area contributed by atoms with Gasteiger partial charge in [-0.05, 0) is 24.5 Å². The summed E-state index contributed by atoms with van der Waals surface area (Å²) in [6.45, 7) is 6.15. The van der Waals surface area contributed by atoms with Gasteiger partial charge in [-0.2, -0.15) is 0 Å². The maximum Gasteiger partial charge on any atom is 0.407 e. The first kappa shape index (κ1) is 15.8. The quantitative estimate of drug-likeness (QED) is 0.790. The molecule has 1 unspecified atom stereocenters. The number of carbonyl (C=O) groups is 1. The van der Waals surface area contributed by atoms with Crippen molar-refractivity contribution in [2.75, 3.05) is 0 Å². The van der Waals surface area contributed by atoms with Gasteiger partial charge in [-0.1, -0.05) is 66.2 Å². The van der Waals surface area contributed by atoms with E-state index in [1.165, 1.54) is 0 Å². The summed E-state index contributed by atoms with van der Waals surface area (Å²) in [5.74, 6) is 0. The van der Waals surface area contributed by atoms with Crippen LogP contribution in [0.25, 0.3) is 0 Å². The highest BCUT2D eigenvalue weighted by Crippen LogP contribution is 2.20. The van der Waals surface area contributed by atoms with E-state index in [0.717, 1.165) is 16.7 Å². The largest absolute Gasteiger partial charge is 0.445 e. The molecular weight excluding hydrogens is 274 g/mol. The molecule has 22 heavy (non-hydrogen) atoms. The zero-order valence-corrected chi connectivity index (χ0v) is 12.8. The maximum atomic E-state index is 12.0. The minimum atomic E-state index is -0.418. The molecule has 1 N–H and O–H groups in total. The Balaban J connectivity index is 1.95. The summed E-state index contributed by atoms with van der Waals surface area (Å²) in [4.78, 5) is 12.0. The first-order chi connectivity index (χ1) is 10.6. The van der Waals surface area contributed by atoms with Crippen molar-refractivity contribution in [3.05, 3.63) is 83.9 Å². The van der Waals surface area contributed by atoms with E-state index >= 15 is 0 Å². The lowest BCUT2D eigenvalue weighted by molar-refractivity contribution is 0.135. The van der Waals surface area contributed by atoms with Gasteiger partial charge in [0.2, 0.25) is 0 Å². The Bertz CT molecular complexity index is 608. The molecule has 0 heterocycles. The van der Waals surface area contributed by atoms with Gasteiger partial charge in [0, 0.05) is 0 Å². The highest BCUT2D eigenvalue weighted by atomic mass is 16.5. The third kappa shape index (κ3) is 5.09. The van der Waals surface area contributed by atoms with Crippen LogP contribution < -0.4 is 5.32 Å². The van der Waals surface area contributed by atoms with E-state index in [9.17, 15) is 4.79 Å². The molecule has 0 aliphatic heterocycles. The lowest BCUT2D eigenvalue weighted by Crippen LogP contribution is -2.29. The minimum absolute atomic E-state index is 0.123. The van der Waals surface area contributed by atoms with Crippen molar-refractivity contribution in [3.63, 3.8) is 0 Å². The number of hydrogen-bond donors (Lipinski definition) is 1. The van der Waals surface area contributed by atoms with E-state index in [1.807, 2.05) is 67.6 Å². The first-order valence-corrected chi connectivity index (χ1v) is 7.31. The molecule has 0 fully saturated rings. The van der Waals surface area contributed by atoms with Crippen molar-refractivity contribution in [1.82, 2.24) is 5.32 Å². The van der Waals surface area contributed by atoms with Crippen LogP contribution in [0.2, 0.25) is 0 Å². The van der Waals surface area contributed by atoms with Gasteiger partial charge in [-0.25, -0.2) is 4.79 Å². The third-order valence-corrected chi connectivity index (χ3v) is 3.26. The number of nitrogens with one attached hydrogen (secondary N) is 1. The molecule has 2 aromatic rings. The van der Waals surface area contributed by atoms with Crippen LogP contribution in [0.15, 0.2) is 72.8 Å². The normalized spacial score (nSPS) is 11.5. The fraction of sp³-hybridized carbons (Fsp3) is 0.211. The number of hydrogen-bond acceptors (Lipinski definition) is 2.